The summed E-state index contributed by atoms with van der Waals surface area (Å²) in [6, 6.07) is 6.52. The molecule has 1 heterocycles. The van der Waals surface area contributed by atoms with E-state index in [1.165, 1.54) is 4.90 Å². The van der Waals surface area contributed by atoms with Crippen molar-refractivity contribution in [3.8, 4) is 0 Å². The molecule has 6 heteroatoms. The number of hydrogen-bond donors (Lipinski definition) is 1. The summed E-state index contributed by atoms with van der Waals surface area (Å²) in [5.41, 5.74) is 0.725. The summed E-state index contributed by atoms with van der Waals surface area (Å²) in [6.07, 6.45) is -2.49. The number of rotatable bonds is 5. The molecule has 3 nitrogen and oxygen atoms in total. The van der Waals surface area contributed by atoms with E-state index in [9.17, 15) is 13.6 Å². The monoisotopic (exact) mass is 316 g/mol. The Hall–Kier alpha value is -1.20. The van der Waals surface area contributed by atoms with Crippen LogP contribution < -0.4 is 5.32 Å². The molecule has 1 saturated heterocycles. The first-order valence-electron chi connectivity index (χ1n) is 6.98. The number of nitrogens with one attached hydrogen (secondary N) is 1. The van der Waals surface area contributed by atoms with Crippen molar-refractivity contribution >= 4 is 17.5 Å². The SMILES string of the molecule is CC(C)CC1NC(c2cccc(Cl)c2)N(CC(F)F)C1=O. The molecular weight excluding hydrogens is 298 g/mol. The topological polar surface area (TPSA) is 32.3 Å². The number of nitrogens with zero attached hydrogens (tertiary/aromatic N) is 1. The quantitative estimate of drug-likeness (QED) is 0.902. The van der Waals surface area contributed by atoms with E-state index >= 15 is 0 Å². The molecule has 0 bridgehead atoms. The van der Waals surface area contributed by atoms with E-state index < -0.39 is 25.2 Å². The van der Waals surface area contributed by atoms with Crippen LogP contribution in [-0.2, 0) is 4.79 Å². The van der Waals surface area contributed by atoms with Gasteiger partial charge in [-0.2, -0.15) is 0 Å². The van der Waals surface area contributed by atoms with E-state index in [2.05, 4.69) is 5.32 Å². The molecule has 0 aliphatic carbocycles. The maximum Gasteiger partial charge on any atom is 0.255 e. The van der Waals surface area contributed by atoms with Gasteiger partial charge in [0.2, 0.25) is 5.91 Å². The van der Waals surface area contributed by atoms with Gasteiger partial charge in [0.1, 0.15) is 6.17 Å². The molecule has 2 atom stereocenters. The first-order valence-corrected chi connectivity index (χ1v) is 7.36. The van der Waals surface area contributed by atoms with E-state index in [4.69, 9.17) is 11.6 Å². The second-order valence-corrected chi connectivity index (χ2v) is 6.12. The van der Waals surface area contributed by atoms with E-state index in [-0.39, 0.29) is 5.91 Å². The van der Waals surface area contributed by atoms with E-state index in [1.807, 2.05) is 13.8 Å². The highest BCUT2D eigenvalue weighted by Crippen LogP contribution is 2.29. The van der Waals surface area contributed by atoms with Crippen molar-refractivity contribution in [3.05, 3.63) is 34.9 Å². The predicted octanol–water partition coefficient (Wildman–Crippen LogP) is 3.45. The zero-order valence-electron chi connectivity index (χ0n) is 12.0. The van der Waals surface area contributed by atoms with E-state index in [1.54, 1.807) is 24.3 Å². The number of alkyl halides is 2. The Morgan fingerprint density at radius 3 is 2.67 bits per heavy atom. The zero-order valence-corrected chi connectivity index (χ0v) is 12.8. The van der Waals surface area contributed by atoms with Crippen LogP contribution in [0.2, 0.25) is 5.02 Å². The van der Waals surface area contributed by atoms with Gasteiger partial charge in [-0.25, -0.2) is 8.78 Å². The first kappa shape index (κ1) is 16.2. The summed E-state index contributed by atoms with van der Waals surface area (Å²) in [6.45, 7) is 3.43. The Kier molecular flexibility index (Phi) is 5.17. The second-order valence-electron chi connectivity index (χ2n) is 5.69. The van der Waals surface area contributed by atoms with Gasteiger partial charge in [0.05, 0.1) is 12.6 Å². The van der Waals surface area contributed by atoms with E-state index in [0.717, 1.165) is 5.56 Å². The second kappa shape index (κ2) is 6.71. The van der Waals surface area contributed by atoms with Crippen LogP contribution in [0.15, 0.2) is 24.3 Å². The summed E-state index contributed by atoms with van der Waals surface area (Å²) in [7, 11) is 0. The molecule has 2 unspecified atom stereocenters. The van der Waals surface area contributed by atoms with Gasteiger partial charge in [0.15, 0.2) is 0 Å². The fourth-order valence-electron chi connectivity index (χ4n) is 2.62. The van der Waals surface area contributed by atoms with Gasteiger partial charge in [-0.1, -0.05) is 37.6 Å². The van der Waals surface area contributed by atoms with Crippen molar-refractivity contribution in [1.82, 2.24) is 10.2 Å². The molecule has 21 heavy (non-hydrogen) atoms. The lowest BCUT2D eigenvalue weighted by molar-refractivity contribution is -0.132. The highest BCUT2D eigenvalue weighted by Gasteiger charge is 2.40. The summed E-state index contributed by atoms with van der Waals surface area (Å²) < 4.78 is 25.5. The van der Waals surface area contributed by atoms with Gasteiger partial charge in [-0.3, -0.25) is 10.1 Å². The summed E-state index contributed by atoms with van der Waals surface area (Å²) >= 11 is 5.95. The smallest absolute Gasteiger partial charge is 0.255 e. The van der Waals surface area contributed by atoms with Gasteiger partial charge >= 0.3 is 0 Å². The molecule has 1 fully saturated rings. The molecule has 1 N–H and O–H groups in total. The zero-order chi connectivity index (χ0) is 15.6. The first-order chi connectivity index (χ1) is 9.88. The van der Waals surface area contributed by atoms with Crippen LogP contribution in [0, 0.1) is 5.92 Å². The van der Waals surface area contributed by atoms with Crippen molar-refractivity contribution in [1.29, 1.82) is 0 Å². The average molecular weight is 317 g/mol. The summed E-state index contributed by atoms with van der Waals surface area (Å²) in [4.78, 5) is 13.6. The van der Waals surface area contributed by atoms with E-state index in [0.29, 0.717) is 17.4 Å². The number of halogens is 3. The van der Waals surface area contributed by atoms with Crippen LogP contribution in [0.5, 0.6) is 0 Å². The fourth-order valence-corrected chi connectivity index (χ4v) is 2.82. The standard InChI is InChI=1S/C15H19ClF2N2O/c1-9(2)6-12-15(21)20(8-13(17)18)14(19-12)10-4-3-5-11(16)7-10/h3-5,7,9,12-14,19H,6,8H2,1-2H3. The van der Waals surface area contributed by atoms with Gasteiger partial charge in [-0.15, -0.1) is 0 Å². The summed E-state index contributed by atoms with van der Waals surface area (Å²) in [5.74, 6) is 0.0342. The Morgan fingerprint density at radius 2 is 2.10 bits per heavy atom. The van der Waals surface area contributed by atoms with Crippen molar-refractivity contribution in [2.45, 2.75) is 38.9 Å². The molecule has 1 amide bonds. The highest BCUT2D eigenvalue weighted by atomic mass is 35.5. The maximum atomic E-state index is 12.8. The van der Waals surface area contributed by atoms with Crippen LogP contribution in [0.1, 0.15) is 32.0 Å². The van der Waals surface area contributed by atoms with Gasteiger partial charge in [0.25, 0.3) is 6.43 Å². The van der Waals surface area contributed by atoms with Gasteiger partial charge in [0, 0.05) is 5.02 Å². The molecule has 2 rings (SSSR count). The highest BCUT2D eigenvalue weighted by molar-refractivity contribution is 6.30. The maximum absolute atomic E-state index is 12.8. The van der Waals surface area contributed by atoms with Crippen molar-refractivity contribution in [2.75, 3.05) is 6.54 Å². The minimum Gasteiger partial charge on any atom is -0.316 e. The third-order valence-corrected chi connectivity index (χ3v) is 3.69. The Morgan fingerprint density at radius 1 is 1.38 bits per heavy atom. The molecule has 0 aromatic heterocycles. The lowest BCUT2D eigenvalue weighted by Crippen LogP contribution is -2.35. The fraction of sp³-hybridized carbons (Fsp3) is 0.533. The predicted molar refractivity (Wildman–Crippen MR) is 78.3 cm³/mol. The Bertz CT molecular complexity index is 510. The third kappa shape index (κ3) is 3.92. The van der Waals surface area contributed by atoms with Crippen LogP contribution in [0.4, 0.5) is 8.78 Å². The average Bonchev–Trinajstić information content (AvgIpc) is 2.66. The Labute approximate surface area is 128 Å². The third-order valence-electron chi connectivity index (χ3n) is 3.46. The van der Waals surface area contributed by atoms with Crippen LogP contribution >= 0.6 is 11.6 Å². The lowest BCUT2D eigenvalue weighted by Gasteiger charge is -2.24. The number of hydrogen-bond acceptors (Lipinski definition) is 2. The number of carbonyl (C=O) groups excluding carboxylic acids is 1. The van der Waals surface area contributed by atoms with Gasteiger partial charge in [-0.05, 0) is 30.0 Å². The number of carbonyl (C=O) groups is 1. The molecule has 1 aliphatic rings. The van der Waals surface area contributed by atoms with Crippen LogP contribution in [0.3, 0.4) is 0 Å². The lowest BCUT2D eigenvalue weighted by atomic mass is 10.0. The Balaban J connectivity index is 2.26. The van der Waals surface area contributed by atoms with Crippen molar-refractivity contribution in [2.24, 2.45) is 5.92 Å². The largest absolute Gasteiger partial charge is 0.316 e. The number of amides is 1. The molecule has 1 aliphatic heterocycles. The summed E-state index contributed by atoms with van der Waals surface area (Å²) in [5, 5.41) is 3.67. The van der Waals surface area contributed by atoms with Crippen LogP contribution in [-0.4, -0.2) is 29.8 Å². The normalized spacial score (nSPS) is 22.6. The minimum absolute atomic E-state index is 0.269. The van der Waals surface area contributed by atoms with Crippen molar-refractivity contribution < 1.29 is 13.6 Å². The number of benzene rings is 1. The molecule has 0 saturated carbocycles. The minimum atomic E-state index is -2.56. The molecular formula is C15H19ClF2N2O. The molecule has 0 radical (unpaired) electrons. The molecule has 0 spiro atoms. The van der Waals surface area contributed by atoms with Crippen LogP contribution in [0.25, 0.3) is 0 Å². The molecule has 1 aromatic rings. The van der Waals surface area contributed by atoms with Gasteiger partial charge < -0.3 is 4.90 Å². The molecule has 116 valence electrons. The molecule has 1 aromatic carbocycles. The van der Waals surface area contributed by atoms with Crippen molar-refractivity contribution in [3.63, 3.8) is 0 Å².